The van der Waals surface area contributed by atoms with Gasteiger partial charge in [-0.2, -0.15) is 0 Å². The number of aliphatic carboxylic acids is 1. The van der Waals surface area contributed by atoms with Gasteiger partial charge in [-0.15, -0.1) is 11.8 Å². The molecule has 12 heteroatoms. The number of thioether (sulfide) groups is 1. The standard InChI is InChI=1S/C20H21N5O6S/c1-10-9-32-17-13(16(27)25(17)14(10)18(28)29)22-15(26)12(11-5-3-2-4-6-11)23-20(31)24-8-7-21-19(24)30/h2-6,12-13,17H,7-9H2,1H3,(H,21,30)(H,22,26)(H,23,31)(H,28,29)/t12-,13+,17+/m1/s1. The summed E-state index contributed by atoms with van der Waals surface area (Å²) >= 11 is 1.36. The van der Waals surface area contributed by atoms with E-state index in [1.807, 2.05) is 0 Å². The average molecular weight is 459 g/mol. The fourth-order valence-corrected chi connectivity index (χ4v) is 5.12. The van der Waals surface area contributed by atoms with Crippen molar-refractivity contribution in [3.05, 3.63) is 47.2 Å². The van der Waals surface area contributed by atoms with Crippen LogP contribution in [0, 0.1) is 0 Å². The van der Waals surface area contributed by atoms with E-state index < -0.39 is 47.3 Å². The van der Waals surface area contributed by atoms with Crippen LogP contribution in [0.15, 0.2) is 41.6 Å². The lowest BCUT2D eigenvalue weighted by molar-refractivity contribution is -0.151. The van der Waals surface area contributed by atoms with Gasteiger partial charge in [-0.25, -0.2) is 19.3 Å². The second kappa shape index (κ2) is 8.54. The molecule has 3 heterocycles. The van der Waals surface area contributed by atoms with Crippen LogP contribution in [-0.2, 0) is 14.4 Å². The highest BCUT2D eigenvalue weighted by Crippen LogP contribution is 2.40. The first kappa shape index (κ1) is 21.7. The highest BCUT2D eigenvalue weighted by Gasteiger charge is 2.54. The number of amides is 6. The molecular formula is C20H21N5O6S. The van der Waals surface area contributed by atoms with Crippen molar-refractivity contribution in [1.82, 2.24) is 25.8 Å². The number of benzene rings is 1. The van der Waals surface area contributed by atoms with Crippen LogP contribution in [0.25, 0.3) is 0 Å². The fraction of sp³-hybridized carbons (Fsp3) is 0.350. The summed E-state index contributed by atoms with van der Waals surface area (Å²) in [6, 6.07) is 5.08. The molecular weight excluding hydrogens is 438 g/mol. The molecule has 4 N–H and O–H groups in total. The minimum Gasteiger partial charge on any atom is -0.477 e. The first-order chi connectivity index (χ1) is 15.3. The molecule has 1 aromatic rings. The number of fused-ring (bicyclic) bond motifs is 1. The minimum absolute atomic E-state index is 0.0581. The molecule has 2 fully saturated rings. The van der Waals surface area contributed by atoms with Crippen LogP contribution in [-0.4, -0.2) is 75.0 Å². The maximum Gasteiger partial charge on any atom is 0.352 e. The first-order valence-corrected chi connectivity index (χ1v) is 10.9. The normalized spacial score (nSPS) is 23.2. The number of carboxylic acid groups (broad SMARTS) is 1. The molecule has 2 saturated heterocycles. The summed E-state index contributed by atoms with van der Waals surface area (Å²) in [7, 11) is 0. The molecule has 3 aliphatic heterocycles. The van der Waals surface area contributed by atoms with Gasteiger partial charge in [-0.1, -0.05) is 30.3 Å². The number of urea groups is 2. The number of carboxylic acids is 1. The zero-order chi connectivity index (χ0) is 23.0. The lowest BCUT2D eigenvalue weighted by Crippen LogP contribution is -2.71. The summed E-state index contributed by atoms with van der Waals surface area (Å²) in [4.78, 5) is 63.9. The van der Waals surface area contributed by atoms with Crippen LogP contribution >= 0.6 is 11.8 Å². The number of hydrogen-bond acceptors (Lipinski definition) is 6. The summed E-state index contributed by atoms with van der Waals surface area (Å²) < 4.78 is 0. The van der Waals surface area contributed by atoms with Crippen molar-refractivity contribution in [2.45, 2.75) is 24.4 Å². The number of β-lactam (4-membered cyclic amide) rings is 1. The number of carbonyl (C=O) groups is 5. The highest BCUT2D eigenvalue weighted by atomic mass is 32.2. The molecule has 3 aliphatic rings. The SMILES string of the molecule is CC1=C(C(=O)O)N2C(=O)[C@H](NC(=O)[C@H](NC(=O)N3CCNC3=O)c3ccccc3)[C@@H]2SC1. The predicted molar refractivity (Wildman–Crippen MR) is 113 cm³/mol. The molecule has 3 atom stereocenters. The van der Waals surface area contributed by atoms with Crippen molar-refractivity contribution in [3.8, 4) is 0 Å². The van der Waals surface area contributed by atoms with E-state index in [1.165, 1.54) is 16.7 Å². The van der Waals surface area contributed by atoms with E-state index in [0.29, 0.717) is 23.4 Å². The van der Waals surface area contributed by atoms with Crippen LogP contribution in [0.3, 0.4) is 0 Å². The number of rotatable bonds is 5. The molecule has 6 amide bonds. The smallest absolute Gasteiger partial charge is 0.352 e. The van der Waals surface area contributed by atoms with Gasteiger partial charge in [-0.05, 0) is 18.1 Å². The van der Waals surface area contributed by atoms with E-state index in [-0.39, 0.29) is 12.2 Å². The lowest BCUT2D eigenvalue weighted by Gasteiger charge is -2.49. The molecule has 0 bridgehead atoms. The van der Waals surface area contributed by atoms with Gasteiger partial charge in [0.15, 0.2) is 0 Å². The van der Waals surface area contributed by atoms with Crippen LogP contribution in [0.2, 0.25) is 0 Å². The monoisotopic (exact) mass is 459 g/mol. The summed E-state index contributed by atoms with van der Waals surface area (Å²) in [5.74, 6) is -1.93. The third-order valence-electron chi connectivity index (χ3n) is 5.42. The number of hydrogen-bond donors (Lipinski definition) is 4. The van der Waals surface area contributed by atoms with Crippen molar-refractivity contribution >= 4 is 41.6 Å². The number of carbonyl (C=O) groups excluding carboxylic acids is 4. The second-order valence-electron chi connectivity index (χ2n) is 7.51. The van der Waals surface area contributed by atoms with Crippen LogP contribution in [0.5, 0.6) is 0 Å². The van der Waals surface area contributed by atoms with Gasteiger partial charge in [0.2, 0.25) is 5.91 Å². The number of nitrogens with one attached hydrogen (secondary N) is 3. The van der Waals surface area contributed by atoms with Crippen molar-refractivity contribution < 1.29 is 29.1 Å². The van der Waals surface area contributed by atoms with Crippen LogP contribution in [0.4, 0.5) is 9.59 Å². The van der Waals surface area contributed by atoms with Crippen LogP contribution < -0.4 is 16.0 Å². The molecule has 0 saturated carbocycles. The molecule has 0 spiro atoms. The van der Waals surface area contributed by atoms with Gasteiger partial charge >= 0.3 is 18.0 Å². The van der Waals surface area contributed by atoms with Gasteiger partial charge in [-0.3, -0.25) is 14.5 Å². The molecule has 0 unspecified atom stereocenters. The van der Waals surface area contributed by atoms with E-state index in [2.05, 4.69) is 16.0 Å². The van der Waals surface area contributed by atoms with Gasteiger partial charge in [0.1, 0.15) is 23.2 Å². The van der Waals surface area contributed by atoms with Crippen molar-refractivity contribution in [2.24, 2.45) is 0 Å². The predicted octanol–water partition coefficient (Wildman–Crippen LogP) is 0.221. The fourth-order valence-electron chi connectivity index (χ4n) is 3.82. The Hall–Kier alpha value is -3.54. The van der Waals surface area contributed by atoms with E-state index in [1.54, 1.807) is 37.3 Å². The summed E-state index contributed by atoms with van der Waals surface area (Å²) in [6.45, 7) is 2.15. The summed E-state index contributed by atoms with van der Waals surface area (Å²) in [5, 5.41) is 16.6. The molecule has 1 aromatic carbocycles. The van der Waals surface area contributed by atoms with E-state index in [0.717, 1.165) is 4.90 Å². The van der Waals surface area contributed by atoms with Crippen molar-refractivity contribution in [1.29, 1.82) is 0 Å². The zero-order valence-electron chi connectivity index (χ0n) is 17.0. The molecule has 32 heavy (non-hydrogen) atoms. The second-order valence-corrected chi connectivity index (χ2v) is 8.61. The molecule has 0 aliphatic carbocycles. The third kappa shape index (κ3) is 3.77. The van der Waals surface area contributed by atoms with Gasteiger partial charge in [0, 0.05) is 18.8 Å². The van der Waals surface area contributed by atoms with E-state index in [9.17, 15) is 29.1 Å². The quantitative estimate of drug-likeness (QED) is 0.461. The summed E-state index contributed by atoms with van der Waals surface area (Å²) in [5.41, 5.74) is 0.993. The maximum atomic E-state index is 13.1. The lowest BCUT2D eigenvalue weighted by atomic mass is 10.0. The topological polar surface area (TPSA) is 148 Å². The van der Waals surface area contributed by atoms with Gasteiger partial charge in [0.05, 0.1) is 0 Å². The highest BCUT2D eigenvalue weighted by molar-refractivity contribution is 8.00. The molecule has 11 nitrogen and oxygen atoms in total. The Kier molecular flexibility index (Phi) is 5.78. The van der Waals surface area contributed by atoms with E-state index >= 15 is 0 Å². The summed E-state index contributed by atoms with van der Waals surface area (Å²) in [6.07, 6.45) is 0. The Morgan fingerprint density at radius 3 is 2.56 bits per heavy atom. The minimum atomic E-state index is -1.19. The molecule has 168 valence electrons. The van der Waals surface area contributed by atoms with Gasteiger partial charge in [0.25, 0.3) is 5.91 Å². The Morgan fingerprint density at radius 1 is 1.22 bits per heavy atom. The van der Waals surface area contributed by atoms with Gasteiger partial charge < -0.3 is 21.1 Å². The average Bonchev–Trinajstić information content (AvgIpc) is 3.21. The largest absolute Gasteiger partial charge is 0.477 e. The Morgan fingerprint density at radius 2 is 1.94 bits per heavy atom. The van der Waals surface area contributed by atoms with E-state index in [4.69, 9.17) is 0 Å². The Balaban J connectivity index is 1.51. The number of imide groups is 1. The Bertz CT molecular complexity index is 1030. The zero-order valence-corrected chi connectivity index (χ0v) is 17.8. The molecule has 0 aromatic heterocycles. The molecule has 0 radical (unpaired) electrons. The maximum absolute atomic E-state index is 13.1. The Labute approximate surface area is 187 Å². The van der Waals surface area contributed by atoms with Crippen LogP contribution in [0.1, 0.15) is 18.5 Å². The van der Waals surface area contributed by atoms with Crippen molar-refractivity contribution in [3.63, 3.8) is 0 Å². The first-order valence-electron chi connectivity index (χ1n) is 9.88. The molecule has 4 rings (SSSR count). The van der Waals surface area contributed by atoms with Crippen molar-refractivity contribution in [2.75, 3.05) is 18.8 Å². The third-order valence-corrected chi connectivity index (χ3v) is 6.85. The number of nitrogens with zero attached hydrogens (tertiary/aromatic N) is 2.